The van der Waals surface area contributed by atoms with Gasteiger partial charge in [-0.15, -0.1) is 0 Å². The maximum absolute atomic E-state index is 11.5. The Morgan fingerprint density at radius 3 is 2.24 bits per heavy atom. The molecule has 0 saturated carbocycles. The number of nitrogens with one attached hydrogen (secondary N) is 1. The van der Waals surface area contributed by atoms with Crippen molar-refractivity contribution in [3.8, 4) is 0 Å². The quantitative estimate of drug-likeness (QED) is 0.550. The Morgan fingerprint density at radius 2 is 1.88 bits per heavy atom. The summed E-state index contributed by atoms with van der Waals surface area (Å²) in [6.45, 7) is 6.37. The molecule has 6 nitrogen and oxygen atoms in total. The molecule has 17 heavy (non-hydrogen) atoms. The largest absolute Gasteiger partial charge is 0.444 e. The Labute approximate surface area is 102 Å². The van der Waals surface area contributed by atoms with Crippen molar-refractivity contribution in [2.75, 3.05) is 6.61 Å². The van der Waals surface area contributed by atoms with Gasteiger partial charge in [0.25, 0.3) is 0 Å². The standard InChI is InChI=1S/C11H23NO5/c1-7(14)9(15)8(5-6-13)12-10(16)17-11(2,3)4/h7-9,13-15H,5-6H2,1-4H3,(H,12,16)/t7-,8+,9+/m1/s1. The van der Waals surface area contributed by atoms with Gasteiger partial charge in [-0.2, -0.15) is 0 Å². The SMILES string of the molecule is C[C@@H](O)[C@H](O)[C@H](CCO)NC(=O)OC(C)(C)C. The molecule has 0 aliphatic rings. The van der Waals surface area contributed by atoms with E-state index in [0.717, 1.165) is 0 Å². The molecule has 0 aliphatic heterocycles. The molecular formula is C11H23NO5. The Balaban J connectivity index is 4.39. The molecule has 0 saturated heterocycles. The van der Waals surface area contributed by atoms with E-state index < -0.39 is 29.9 Å². The molecule has 4 N–H and O–H groups in total. The minimum Gasteiger partial charge on any atom is -0.444 e. The predicted octanol–water partition coefficient (Wildman–Crippen LogP) is 0.00380. The average Bonchev–Trinajstić information content (AvgIpc) is 2.12. The van der Waals surface area contributed by atoms with Crippen LogP contribution in [0.3, 0.4) is 0 Å². The second kappa shape index (κ2) is 6.78. The van der Waals surface area contributed by atoms with E-state index in [-0.39, 0.29) is 13.0 Å². The smallest absolute Gasteiger partial charge is 0.407 e. The summed E-state index contributed by atoms with van der Waals surface area (Å²) in [4.78, 5) is 11.5. The Hall–Kier alpha value is -0.850. The van der Waals surface area contributed by atoms with Gasteiger partial charge in [-0.05, 0) is 34.1 Å². The van der Waals surface area contributed by atoms with Gasteiger partial charge in [0.15, 0.2) is 0 Å². The monoisotopic (exact) mass is 249 g/mol. The van der Waals surface area contributed by atoms with Crippen LogP contribution in [0.4, 0.5) is 4.79 Å². The van der Waals surface area contributed by atoms with Gasteiger partial charge in [0, 0.05) is 6.61 Å². The van der Waals surface area contributed by atoms with Crippen LogP contribution in [0.15, 0.2) is 0 Å². The van der Waals surface area contributed by atoms with Crippen LogP contribution in [0.2, 0.25) is 0 Å². The fraction of sp³-hybridized carbons (Fsp3) is 0.909. The molecule has 0 spiro atoms. The minimum atomic E-state index is -1.14. The average molecular weight is 249 g/mol. The van der Waals surface area contributed by atoms with E-state index >= 15 is 0 Å². The summed E-state index contributed by atoms with van der Waals surface area (Å²) in [7, 11) is 0. The van der Waals surface area contributed by atoms with Crippen LogP contribution in [-0.4, -0.2) is 51.9 Å². The minimum absolute atomic E-state index is 0.144. The number of carbonyl (C=O) groups is 1. The molecule has 1 amide bonds. The van der Waals surface area contributed by atoms with Gasteiger partial charge in [0.05, 0.1) is 18.2 Å². The van der Waals surface area contributed by atoms with E-state index in [4.69, 9.17) is 9.84 Å². The summed E-state index contributed by atoms with van der Waals surface area (Å²) in [6.07, 6.45) is -2.68. The van der Waals surface area contributed by atoms with E-state index in [1.54, 1.807) is 20.8 Å². The molecule has 102 valence electrons. The third-order valence-corrected chi connectivity index (χ3v) is 2.05. The summed E-state index contributed by atoms with van der Waals surface area (Å²) in [5, 5.41) is 30.1. The summed E-state index contributed by atoms with van der Waals surface area (Å²) >= 11 is 0. The highest BCUT2D eigenvalue weighted by Gasteiger charge is 2.26. The number of rotatable bonds is 5. The zero-order valence-electron chi connectivity index (χ0n) is 10.8. The predicted molar refractivity (Wildman–Crippen MR) is 62.5 cm³/mol. The number of aliphatic hydroxyl groups is 3. The highest BCUT2D eigenvalue weighted by atomic mass is 16.6. The van der Waals surface area contributed by atoms with Crippen molar-refractivity contribution in [1.29, 1.82) is 0 Å². The van der Waals surface area contributed by atoms with E-state index in [9.17, 15) is 15.0 Å². The molecule has 0 bridgehead atoms. The van der Waals surface area contributed by atoms with Crippen molar-refractivity contribution in [2.45, 2.75) is 58.0 Å². The van der Waals surface area contributed by atoms with Crippen molar-refractivity contribution in [3.63, 3.8) is 0 Å². The lowest BCUT2D eigenvalue weighted by molar-refractivity contribution is -0.00509. The van der Waals surface area contributed by atoms with Gasteiger partial charge < -0.3 is 25.4 Å². The molecule has 0 rings (SSSR count). The lowest BCUT2D eigenvalue weighted by Gasteiger charge is -2.27. The maximum Gasteiger partial charge on any atom is 0.407 e. The van der Waals surface area contributed by atoms with Crippen LogP contribution < -0.4 is 5.32 Å². The first-order valence-electron chi connectivity index (χ1n) is 5.64. The number of carbonyl (C=O) groups excluding carboxylic acids is 1. The molecule has 0 aromatic carbocycles. The van der Waals surface area contributed by atoms with Crippen LogP contribution in [-0.2, 0) is 4.74 Å². The molecule has 0 aromatic rings. The first-order chi connectivity index (χ1) is 7.67. The second-order valence-electron chi connectivity index (χ2n) is 5.00. The summed E-state index contributed by atoms with van der Waals surface area (Å²) in [6, 6.07) is -0.741. The Bertz CT molecular complexity index is 237. The highest BCUT2D eigenvalue weighted by molar-refractivity contribution is 5.68. The zero-order valence-corrected chi connectivity index (χ0v) is 10.8. The highest BCUT2D eigenvalue weighted by Crippen LogP contribution is 2.09. The van der Waals surface area contributed by atoms with Crippen molar-refractivity contribution < 1.29 is 24.9 Å². The van der Waals surface area contributed by atoms with Gasteiger partial charge in [-0.3, -0.25) is 0 Å². The fourth-order valence-electron chi connectivity index (χ4n) is 1.26. The van der Waals surface area contributed by atoms with E-state index in [1.807, 2.05) is 0 Å². The number of hydrogen-bond donors (Lipinski definition) is 4. The molecule has 0 aromatic heterocycles. The molecular weight excluding hydrogens is 226 g/mol. The molecule has 6 heteroatoms. The first-order valence-corrected chi connectivity index (χ1v) is 5.64. The van der Waals surface area contributed by atoms with Gasteiger partial charge >= 0.3 is 6.09 Å². The summed E-state index contributed by atoms with van der Waals surface area (Å²) < 4.78 is 5.02. The number of hydrogen-bond acceptors (Lipinski definition) is 5. The summed E-state index contributed by atoms with van der Waals surface area (Å²) in [5.74, 6) is 0. The molecule has 3 atom stereocenters. The Morgan fingerprint density at radius 1 is 1.35 bits per heavy atom. The lowest BCUT2D eigenvalue weighted by Crippen LogP contribution is -2.49. The van der Waals surface area contributed by atoms with Crippen LogP contribution in [0.25, 0.3) is 0 Å². The van der Waals surface area contributed by atoms with Crippen LogP contribution >= 0.6 is 0 Å². The number of aliphatic hydroxyl groups excluding tert-OH is 3. The van der Waals surface area contributed by atoms with Crippen LogP contribution in [0.5, 0.6) is 0 Å². The molecule has 0 unspecified atom stereocenters. The second-order valence-corrected chi connectivity index (χ2v) is 5.00. The van der Waals surface area contributed by atoms with E-state index in [1.165, 1.54) is 6.92 Å². The number of alkyl carbamates (subject to hydrolysis) is 1. The van der Waals surface area contributed by atoms with Gasteiger partial charge in [0.1, 0.15) is 5.60 Å². The van der Waals surface area contributed by atoms with E-state index in [2.05, 4.69) is 5.32 Å². The summed E-state index contributed by atoms with van der Waals surface area (Å²) in [5.41, 5.74) is -0.635. The third kappa shape index (κ3) is 7.14. The molecule has 0 heterocycles. The van der Waals surface area contributed by atoms with Crippen LogP contribution in [0.1, 0.15) is 34.1 Å². The van der Waals surface area contributed by atoms with Gasteiger partial charge in [0.2, 0.25) is 0 Å². The van der Waals surface area contributed by atoms with Crippen molar-refractivity contribution in [3.05, 3.63) is 0 Å². The fourth-order valence-corrected chi connectivity index (χ4v) is 1.26. The Kier molecular flexibility index (Phi) is 6.44. The molecule has 0 fully saturated rings. The lowest BCUT2D eigenvalue weighted by atomic mass is 10.0. The zero-order chi connectivity index (χ0) is 13.6. The van der Waals surface area contributed by atoms with Gasteiger partial charge in [-0.1, -0.05) is 0 Å². The number of ether oxygens (including phenoxy) is 1. The van der Waals surface area contributed by atoms with Crippen molar-refractivity contribution in [2.24, 2.45) is 0 Å². The third-order valence-electron chi connectivity index (χ3n) is 2.05. The maximum atomic E-state index is 11.5. The molecule has 0 aliphatic carbocycles. The van der Waals surface area contributed by atoms with Crippen molar-refractivity contribution >= 4 is 6.09 Å². The van der Waals surface area contributed by atoms with Gasteiger partial charge in [-0.25, -0.2) is 4.79 Å². The first kappa shape index (κ1) is 16.1. The normalized spacial score (nSPS) is 17.1. The van der Waals surface area contributed by atoms with Crippen LogP contribution in [0, 0.1) is 0 Å². The number of amides is 1. The topological polar surface area (TPSA) is 99.0 Å². The molecule has 0 radical (unpaired) electrons. The van der Waals surface area contributed by atoms with E-state index in [0.29, 0.717) is 0 Å². The van der Waals surface area contributed by atoms with Crippen molar-refractivity contribution in [1.82, 2.24) is 5.32 Å².